The molecule has 1 saturated heterocycles. The molecule has 1 aromatic heterocycles. The number of benzene rings is 3. The molecule has 5 rings (SSSR count). The number of hydrogen-bond donors (Lipinski definition) is 1. The summed E-state index contributed by atoms with van der Waals surface area (Å²) in [5, 5.41) is 3.39. The topological polar surface area (TPSA) is 107 Å². The van der Waals surface area contributed by atoms with E-state index in [0.29, 0.717) is 42.3 Å². The van der Waals surface area contributed by atoms with Gasteiger partial charge in [-0.05, 0) is 74.0 Å². The van der Waals surface area contributed by atoms with Crippen molar-refractivity contribution in [3.05, 3.63) is 96.3 Å². The fraction of sp³-hybridized carbons (Fsp3) is 0.324. The molecule has 3 atom stereocenters. The summed E-state index contributed by atoms with van der Waals surface area (Å²) in [6.45, 7) is 6.59. The molecule has 0 spiro atoms. The molecule has 1 fully saturated rings. The number of carbonyl (C=O) groups is 2. The molecular formula is C34H38N4O5. The van der Waals surface area contributed by atoms with Gasteiger partial charge in [0.15, 0.2) is 11.5 Å². The van der Waals surface area contributed by atoms with Gasteiger partial charge in [0, 0.05) is 24.3 Å². The van der Waals surface area contributed by atoms with Crippen molar-refractivity contribution in [1.82, 2.24) is 9.88 Å². The number of rotatable bonds is 10. The molecule has 1 amide bonds. The van der Waals surface area contributed by atoms with Crippen molar-refractivity contribution in [2.45, 2.75) is 45.4 Å². The maximum atomic E-state index is 14.8. The van der Waals surface area contributed by atoms with Gasteiger partial charge in [0.1, 0.15) is 6.04 Å². The number of ether oxygens (including phenoxy) is 3. The van der Waals surface area contributed by atoms with Crippen LogP contribution in [-0.2, 0) is 14.3 Å². The number of pyridine rings is 1. The largest absolute Gasteiger partial charge is 0.490 e. The minimum atomic E-state index is -0.936. The summed E-state index contributed by atoms with van der Waals surface area (Å²) in [7, 11) is 1.38. The van der Waals surface area contributed by atoms with E-state index in [0.717, 1.165) is 16.3 Å². The molecule has 1 aliphatic heterocycles. The number of fused-ring (bicyclic) bond motifs is 1. The number of nitrogens with two attached hydrogens (primary N) is 1. The molecule has 4 aromatic rings. The lowest BCUT2D eigenvalue weighted by Gasteiger charge is -2.35. The third-order valence-electron chi connectivity index (χ3n) is 7.71. The molecule has 3 aromatic carbocycles. The molecule has 0 aliphatic carbocycles. The third-order valence-corrected chi connectivity index (χ3v) is 7.71. The zero-order valence-electron chi connectivity index (χ0n) is 25.0. The first kappa shape index (κ1) is 29.8. The van der Waals surface area contributed by atoms with Gasteiger partial charge in [0.25, 0.3) is 5.91 Å². The molecule has 2 N–H and O–H groups in total. The minimum Gasteiger partial charge on any atom is -0.490 e. The van der Waals surface area contributed by atoms with Gasteiger partial charge in [0.2, 0.25) is 0 Å². The zero-order valence-corrected chi connectivity index (χ0v) is 25.0. The lowest BCUT2D eigenvalue weighted by molar-refractivity contribution is -0.147. The first-order valence-corrected chi connectivity index (χ1v) is 14.6. The van der Waals surface area contributed by atoms with E-state index < -0.39 is 18.0 Å². The van der Waals surface area contributed by atoms with Crippen molar-refractivity contribution in [2.75, 3.05) is 25.3 Å². The molecule has 0 bridgehead atoms. The van der Waals surface area contributed by atoms with Crippen LogP contribution in [0.2, 0.25) is 0 Å². The molecule has 224 valence electrons. The van der Waals surface area contributed by atoms with Crippen molar-refractivity contribution < 1.29 is 23.8 Å². The highest BCUT2D eigenvalue weighted by atomic mass is 16.5. The number of hydrazine groups is 1. The van der Waals surface area contributed by atoms with E-state index in [1.165, 1.54) is 12.1 Å². The summed E-state index contributed by atoms with van der Waals surface area (Å²) in [6.07, 6.45) is 3.92. The predicted molar refractivity (Wildman–Crippen MR) is 166 cm³/mol. The maximum Gasteiger partial charge on any atom is 0.311 e. The maximum absolute atomic E-state index is 14.8. The highest BCUT2D eigenvalue weighted by Gasteiger charge is 2.45. The van der Waals surface area contributed by atoms with Crippen LogP contribution in [0.15, 0.2) is 85.2 Å². The second kappa shape index (κ2) is 13.1. The minimum absolute atomic E-state index is 0.0629. The Bertz CT molecular complexity index is 1580. The summed E-state index contributed by atoms with van der Waals surface area (Å²) in [5.74, 6) is 6.91. The second-order valence-electron chi connectivity index (χ2n) is 10.8. The van der Waals surface area contributed by atoms with Crippen molar-refractivity contribution in [2.24, 2.45) is 11.8 Å². The normalized spacial score (nSPS) is 17.1. The standard InChI is InChI=1S/C34H38N4O5/c1-5-42-30-20-25(12-14-29(30)43-22(2)3)32(38(35)27-13-11-26-21-36-17-15-24(26)19-27)33(39)37-18-16-28(34(40)41-4)31(37)23-9-7-6-8-10-23/h6-15,17,19-22,28,31-32H,5,16,18,35H2,1-4H3. The fourth-order valence-electron chi connectivity index (χ4n) is 5.77. The number of aromatic nitrogens is 1. The van der Waals surface area contributed by atoms with E-state index in [9.17, 15) is 9.59 Å². The number of likely N-dealkylation sites (tertiary alicyclic amines) is 1. The number of esters is 1. The lowest BCUT2D eigenvalue weighted by Crippen LogP contribution is -2.46. The number of hydrogen-bond acceptors (Lipinski definition) is 8. The first-order valence-electron chi connectivity index (χ1n) is 14.6. The van der Waals surface area contributed by atoms with Crippen LogP contribution in [0.4, 0.5) is 5.69 Å². The first-order chi connectivity index (χ1) is 20.8. The molecule has 2 heterocycles. The zero-order chi connectivity index (χ0) is 30.5. The van der Waals surface area contributed by atoms with Gasteiger partial charge in [0.05, 0.1) is 37.5 Å². The van der Waals surface area contributed by atoms with Gasteiger partial charge in [-0.2, -0.15) is 0 Å². The average Bonchev–Trinajstić information content (AvgIpc) is 3.47. The Morgan fingerprint density at radius 2 is 1.81 bits per heavy atom. The van der Waals surface area contributed by atoms with Crippen LogP contribution in [0, 0.1) is 5.92 Å². The van der Waals surface area contributed by atoms with Crippen LogP contribution in [0.25, 0.3) is 10.8 Å². The molecule has 43 heavy (non-hydrogen) atoms. The van der Waals surface area contributed by atoms with E-state index in [1.807, 2.05) is 93.6 Å². The van der Waals surface area contributed by atoms with Gasteiger partial charge in [-0.15, -0.1) is 0 Å². The summed E-state index contributed by atoms with van der Waals surface area (Å²) < 4.78 is 17.1. The lowest BCUT2D eigenvalue weighted by atomic mass is 9.93. The molecule has 3 unspecified atom stereocenters. The number of amides is 1. The summed E-state index contributed by atoms with van der Waals surface area (Å²) in [6, 6.07) is 21.3. The number of carbonyl (C=O) groups excluding carboxylic acids is 2. The summed E-state index contributed by atoms with van der Waals surface area (Å²) >= 11 is 0. The highest BCUT2D eigenvalue weighted by molar-refractivity contribution is 5.90. The Morgan fingerprint density at radius 1 is 1.02 bits per heavy atom. The van der Waals surface area contributed by atoms with Crippen molar-refractivity contribution in [3.8, 4) is 11.5 Å². The Labute approximate surface area is 252 Å². The van der Waals surface area contributed by atoms with Crippen LogP contribution in [0.5, 0.6) is 11.5 Å². The molecule has 0 saturated carbocycles. The van der Waals surface area contributed by atoms with Crippen LogP contribution >= 0.6 is 0 Å². The van der Waals surface area contributed by atoms with Gasteiger partial charge >= 0.3 is 5.97 Å². The fourth-order valence-corrected chi connectivity index (χ4v) is 5.77. The van der Waals surface area contributed by atoms with Crippen LogP contribution in [-0.4, -0.2) is 48.1 Å². The second-order valence-corrected chi connectivity index (χ2v) is 10.8. The van der Waals surface area contributed by atoms with Gasteiger partial charge < -0.3 is 19.1 Å². The van der Waals surface area contributed by atoms with Gasteiger partial charge in [-0.3, -0.25) is 19.6 Å². The smallest absolute Gasteiger partial charge is 0.311 e. The van der Waals surface area contributed by atoms with Gasteiger partial charge in [-0.1, -0.05) is 42.5 Å². The molecule has 0 radical (unpaired) electrons. The van der Waals surface area contributed by atoms with Crippen LogP contribution < -0.4 is 20.3 Å². The Balaban J connectivity index is 1.61. The van der Waals surface area contributed by atoms with E-state index in [-0.39, 0.29) is 18.0 Å². The van der Waals surface area contributed by atoms with E-state index in [4.69, 9.17) is 20.1 Å². The monoisotopic (exact) mass is 582 g/mol. The van der Waals surface area contributed by atoms with Crippen molar-refractivity contribution in [3.63, 3.8) is 0 Å². The quantitative estimate of drug-likeness (QED) is 0.146. The molecule has 9 heteroatoms. The van der Waals surface area contributed by atoms with E-state index in [1.54, 1.807) is 17.3 Å². The summed E-state index contributed by atoms with van der Waals surface area (Å²) in [4.78, 5) is 33.6. The van der Waals surface area contributed by atoms with Gasteiger partial charge in [-0.25, -0.2) is 5.84 Å². The Hall–Kier alpha value is -4.63. The number of nitrogens with zero attached hydrogens (tertiary/aromatic N) is 3. The Morgan fingerprint density at radius 3 is 2.53 bits per heavy atom. The van der Waals surface area contributed by atoms with Crippen LogP contribution in [0.3, 0.4) is 0 Å². The average molecular weight is 583 g/mol. The van der Waals surface area contributed by atoms with Crippen LogP contribution in [0.1, 0.15) is 50.4 Å². The highest BCUT2D eigenvalue weighted by Crippen LogP contribution is 2.42. The molecule has 9 nitrogen and oxygen atoms in total. The molecule has 1 aliphatic rings. The predicted octanol–water partition coefficient (Wildman–Crippen LogP) is 5.60. The molecular weight excluding hydrogens is 544 g/mol. The van der Waals surface area contributed by atoms with E-state index in [2.05, 4.69) is 4.98 Å². The number of anilines is 1. The summed E-state index contributed by atoms with van der Waals surface area (Å²) in [5.41, 5.74) is 2.15. The third kappa shape index (κ3) is 6.27. The SMILES string of the molecule is CCOc1cc(C(C(=O)N2CCC(C(=O)OC)C2c2ccccc2)N(N)c2ccc3cnccc3c2)ccc1OC(C)C. The van der Waals surface area contributed by atoms with Crippen molar-refractivity contribution >= 4 is 28.3 Å². The number of methoxy groups -OCH3 is 1. The van der Waals surface area contributed by atoms with E-state index >= 15 is 0 Å². The van der Waals surface area contributed by atoms with Crippen molar-refractivity contribution in [1.29, 1.82) is 0 Å². The Kier molecular flexibility index (Phi) is 9.11.